The van der Waals surface area contributed by atoms with Crippen LogP contribution in [0.15, 0.2) is 64.2 Å². The van der Waals surface area contributed by atoms with E-state index in [4.69, 9.17) is 16.1 Å². The van der Waals surface area contributed by atoms with Crippen molar-refractivity contribution in [1.29, 1.82) is 0 Å². The third kappa shape index (κ3) is 3.84. The number of carbonyl (C=O) groups is 1. The van der Waals surface area contributed by atoms with E-state index >= 15 is 0 Å². The predicted octanol–water partition coefficient (Wildman–Crippen LogP) is 4.30. The number of carbonyl (C=O) groups excluding carboxylic acids is 1. The van der Waals surface area contributed by atoms with Crippen molar-refractivity contribution in [2.45, 2.75) is 26.3 Å². The first-order chi connectivity index (χ1) is 14.6. The van der Waals surface area contributed by atoms with Gasteiger partial charge in [0.05, 0.1) is 5.02 Å². The molecule has 4 rings (SSSR count). The van der Waals surface area contributed by atoms with Gasteiger partial charge < -0.3 is 9.84 Å². The summed E-state index contributed by atoms with van der Waals surface area (Å²) in [7, 11) is 0. The second-order valence-electron chi connectivity index (χ2n) is 6.74. The lowest BCUT2D eigenvalue weighted by Gasteiger charge is -2.10. The van der Waals surface area contributed by atoms with E-state index in [1.165, 1.54) is 10.9 Å². The largest absolute Gasteiger partial charge is 0.335 e. The second kappa shape index (κ2) is 8.51. The zero-order chi connectivity index (χ0) is 21.1. The molecule has 0 atom stereocenters. The molecular formula is C22H19ClN4O3. The summed E-state index contributed by atoms with van der Waals surface area (Å²) in [6.45, 7) is 2.20. The summed E-state index contributed by atoms with van der Waals surface area (Å²) in [6.07, 6.45) is 2.30. The zero-order valence-electron chi connectivity index (χ0n) is 16.3. The summed E-state index contributed by atoms with van der Waals surface area (Å²) in [5.41, 5.74) is 2.56. The van der Waals surface area contributed by atoms with Crippen LogP contribution in [0.5, 0.6) is 0 Å². The molecule has 2 aromatic carbocycles. The lowest BCUT2D eigenvalue weighted by Crippen LogP contribution is -2.23. The van der Waals surface area contributed by atoms with Gasteiger partial charge in [0, 0.05) is 24.2 Å². The van der Waals surface area contributed by atoms with Crippen molar-refractivity contribution in [3.63, 3.8) is 0 Å². The Morgan fingerprint density at radius 3 is 2.73 bits per heavy atom. The summed E-state index contributed by atoms with van der Waals surface area (Å²) >= 11 is 6.25. The van der Waals surface area contributed by atoms with Crippen molar-refractivity contribution in [3.05, 3.63) is 75.8 Å². The SMILES string of the molecule is CCc1ccccc1NC(=O)CCn1cnc2onc(-c3ccccc3Cl)c2c1=O. The molecule has 0 unspecified atom stereocenters. The van der Waals surface area contributed by atoms with Gasteiger partial charge in [-0.05, 0) is 24.1 Å². The Balaban J connectivity index is 1.57. The van der Waals surface area contributed by atoms with Gasteiger partial charge in [0.2, 0.25) is 5.91 Å². The van der Waals surface area contributed by atoms with Crippen molar-refractivity contribution < 1.29 is 9.32 Å². The maximum atomic E-state index is 13.0. The van der Waals surface area contributed by atoms with Gasteiger partial charge in [-0.25, -0.2) is 4.98 Å². The van der Waals surface area contributed by atoms with E-state index in [1.807, 2.05) is 31.2 Å². The number of anilines is 1. The molecule has 7 nitrogen and oxygen atoms in total. The average Bonchev–Trinajstić information content (AvgIpc) is 3.19. The molecule has 152 valence electrons. The van der Waals surface area contributed by atoms with Crippen molar-refractivity contribution in [2.24, 2.45) is 0 Å². The van der Waals surface area contributed by atoms with E-state index in [0.717, 1.165) is 17.7 Å². The van der Waals surface area contributed by atoms with E-state index in [1.54, 1.807) is 24.3 Å². The molecule has 4 aromatic rings. The number of fused-ring (bicyclic) bond motifs is 1. The highest BCUT2D eigenvalue weighted by atomic mass is 35.5. The topological polar surface area (TPSA) is 90.0 Å². The standard InChI is InChI=1S/C22H19ClN4O3/c1-2-14-7-3-6-10-17(14)25-18(28)11-12-27-13-24-21-19(22(27)29)20(26-30-21)15-8-4-5-9-16(15)23/h3-10,13H,2,11-12H2,1H3,(H,25,28). The molecule has 1 amide bonds. The van der Waals surface area contributed by atoms with E-state index < -0.39 is 0 Å². The zero-order valence-corrected chi connectivity index (χ0v) is 17.0. The molecule has 0 aliphatic carbocycles. The fourth-order valence-corrected chi connectivity index (χ4v) is 3.49. The Hall–Kier alpha value is -3.45. The van der Waals surface area contributed by atoms with Crippen LogP contribution in [0, 0.1) is 0 Å². The third-order valence-electron chi connectivity index (χ3n) is 4.84. The Morgan fingerprint density at radius 1 is 1.17 bits per heavy atom. The Kier molecular flexibility index (Phi) is 5.63. The van der Waals surface area contributed by atoms with Crippen LogP contribution >= 0.6 is 11.6 Å². The fraction of sp³-hybridized carbons (Fsp3) is 0.182. The van der Waals surface area contributed by atoms with E-state index in [2.05, 4.69) is 15.5 Å². The number of para-hydroxylation sites is 1. The summed E-state index contributed by atoms with van der Waals surface area (Å²) < 4.78 is 6.59. The third-order valence-corrected chi connectivity index (χ3v) is 5.17. The predicted molar refractivity (Wildman–Crippen MR) is 116 cm³/mol. The van der Waals surface area contributed by atoms with Crippen LogP contribution in [-0.2, 0) is 17.8 Å². The van der Waals surface area contributed by atoms with Gasteiger partial charge in [0.1, 0.15) is 17.4 Å². The molecule has 0 radical (unpaired) electrons. The van der Waals surface area contributed by atoms with Gasteiger partial charge in [-0.3, -0.25) is 14.2 Å². The summed E-state index contributed by atoms with van der Waals surface area (Å²) in [6, 6.07) is 14.7. The number of benzene rings is 2. The van der Waals surface area contributed by atoms with Gasteiger partial charge in [0.25, 0.3) is 11.3 Å². The van der Waals surface area contributed by atoms with Crippen molar-refractivity contribution in [2.75, 3.05) is 5.32 Å². The fourth-order valence-electron chi connectivity index (χ4n) is 3.26. The van der Waals surface area contributed by atoms with Crippen LogP contribution < -0.4 is 10.9 Å². The highest BCUT2D eigenvalue weighted by Gasteiger charge is 2.19. The first-order valence-corrected chi connectivity index (χ1v) is 9.93. The summed E-state index contributed by atoms with van der Waals surface area (Å²) in [5.74, 6) is -0.181. The molecular weight excluding hydrogens is 404 g/mol. The molecule has 0 aliphatic heterocycles. The maximum absolute atomic E-state index is 13.0. The highest BCUT2D eigenvalue weighted by Crippen LogP contribution is 2.30. The number of aromatic nitrogens is 3. The second-order valence-corrected chi connectivity index (χ2v) is 7.15. The number of nitrogens with zero attached hydrogens (tertiary/aromatic N) is 3. The van der Waals surface area contributed by atoms with E-state index in [-0.39, 0.29) is 35.5 Å². The smallest absolute Gasteiger partial charge is 0.266 e. The first kappa shape index (κ1) is 19.8. The molecule has 0 saturated heterocycles. The molecule has 30 heavy (non-hydrogen) atoms. The van der Waals surface area contributed by atoms with Crippen LogP contribution in [0.3, 0.4) is 0 Å². The van der Waals surface area contributed by atoms with Crippen LogP contribution in [0.1, 0.15) is 18.9 Å². The normalized spacial score (nSPS) is 11.0. The first-order valence-electron chi connectivity index (χ1n) is 9.56. The summed E-state index contributed by atoms with van der Waals surface area (Å²) in [5, 5.41) is 7.58. The summed E-state index contributed by atoms with van der Waals surface area (Å²) in [4.78, 5) is 29.6. The Labute approximate surface area is 177 Å². The molecule has 0 saturated carbocycles. The number of nitrogens with one attached hydrogen (secondary N) is 1. The molecule has 0 spiro atoms. The molecule has 0 bridgehead atoms. The lowest BCUT2D eigenvalue weighted by molar-refractivity contribution is -0.116. The molecule has 0 aliphatic rings. The average molecular weight is 423 g/mol. The maximum Gasteiger partial charge on any atom is 0.266 e. The van der Waals surface area contributed by atoms with Crippen LogP contribution in [-0.4, -0.2) is 20.6 Å². The number of hydrogen-bond donors (Lipinski definition) is 1. The number of aryl methyl sites for hydroxylation is 2. The van der Waals surface area contributed by atoms with Gasteiger partial charge in [-0.2, -0.15) is 0 Å². The Bertz CT molecular complexity index is 1280. The number of rotatable bonds is 6. The number of amides is 1. The minimum atomic E-state index is -0.335. The van der Waals surface area contributed by atoms with Crippen molar-refractivity contribution >= 4 is 34.3 Å². The Morgan fingerprint density at radius 2 is 1.93 bits per heavy atom. The van der Waals surface area contributed by atoms with Gasteiger partial charge in [0.15, 0.2) is 0 Å². The van der Waals surface area contributed by atoms with Crippen LogP contribution in [0.2, 0.25) is 5.02 Å². The molecule has 2 aromatic heterocycles. The van der Waals surface area contributed by atoms with E-state index in [9.17, 15) is 9.59 Å². The molecule has 1 N–H and O–H groups in total. The highest BCUT2D eigenvalue weighted by molar-refractivity contribution is 6.33. The minimum absolute atomic E-state index is 0.123. The van der Waals surface area contributed by atoms with Crippen LogP contribution in [0.25, 0.3) is 22.4 Å². The van der Waals surface area contributed by atoms with Gasteiger partial charge >= 0.3 is 0 Å². The van der Waals surface area contributed by atoms with Crippen molar-refractivity contribution in [3.8, 4) is 11.3 Å². The number of halogens is 1. The molecule has 8 heteroatoms. The number of hydrogen-bond acceptors (Lipinski definition) is 5. The van der Waals surface area contributed by atoms with Gasteiger partial charge in [-0.15, -0.1) is 0 Å². The van der Waals surface area contributed by atoms with E-state index in [0.29, 0.717) is 16.3 Å². The van der Waals surface area contributed by atoms with Crippen LogP contribution in [0.4, 0.5) is 5.69 Å². The minimum Gasteiger partial charge on any atom is -0.335 e. The molecule has 2 heterocycles. The monoisotopic (exact) mass is 422 g/mol. The van der Waals surface area contributed by atoms with Crippen molar-refractivity contribution in [1.82, 2.24) is 14.7 Å². The van der Waals surface area contributed by atoms with Gasteiger partial charge in [-0.1, -0.05) is 60.1 Å². The molecule has 0 fully saturated rings. The lowest BCUT2D eigenvalue weighted by atomic mass is 10.1. The quantitative estimate of drug-likeness (QED) is 0.500.